The van der Waals surface area contributed by atoms with Crippen molar-refractivity contribution in [3.05, 3.63) is 46.0 Å². The van der Waals surface area contributed by atoms with Gasteiger partial charge in [-0.05, 0) is 26.0 Å². The first-order valence-corrected chi connectivity index (χ1v) is 8.45. The number of nitrogens with zero attached hydrogens (tertiary/aromatic N) is 3. The molecule has 9 heteroatoms. The number of fused-ring (bicyclic) bond motifs is 1. The Labute approximate surface area is 175 Å². The third-order valence-electron chi connectivity index (χ3n) is 4.51. The highest BCUT2D eigenvalue weighted by Crippen LogP contribution is 2.29. The number of nitrogens with one attached hydrogen (secondary N) is 2. The minimum atomic E-state index is -0.306. The van der Waals surface area contributed by atoms with Gasteiger partial charge in [-0.1, -0.05) is 0 Å². The third kappa shape index (κ3) is 4.89. The van der Waals surface area contributed by atoms with Crippen molar-refractivity contribution < 1.29 is 13.9 Å². The molecule has 2 N–H and O–H groups in total. The predicted molar refractivity (Wildman–Crippen MR) is 112 cm³/mol. The van der Waals surface area contributed by atoms with E-state index in [0.29, 0.717) is 31.4 Å². The van der Waals surface area contributed by atoms with E-state index in [9.17, 15) is 4.39 Å². The normalized spacial score (nSPS) is 13.4. The number of aryl methyl sites for hydroxylation is 2. The fourth-order valence-corrected chi connectivity index (χ4v) is 3.03. The van der Waals surface area contributed by atoms with Crippen LogP contribution in [0.5, 0.6) is 5.75 Å². The van der Waals surface area contributed by atoms with Crippen LogP contribution in [-0.2, 0) is 31.5 Å². The van der Waals surface area contributed by atoms with Gasteiger partial charge in [0, 0.05) is 49.6 Å². The molecule has 0 aliphatic carbocycles. The van der Waals surface area contributed by atoms with Crippen LogP contribution in [0, 0.1) is 19.7 Å². The summed E-state index contributed by atoms with van der Waals surface area (Å²) in [7, 11) is 3.62. The Morgan fingerprint density at radius 1 is 1.30 bits per heavy atom. The molecule has 0 unspecified atom stereocenters. The Hall–Kier alpha value is -1.88. The summed E-state index contributed by atoms with van der Waals surface area (Å²) in [6.45, 7) is 5.55. The lowest BCUT2D eigenvalue weighted by molar-refractivity contribution is -0.0172. The second kappa shape index (κ2) is 9.36. The van der Waals surface area contributed by atoms with Gasteiger partial charge in [-0.25, -0.2) is 4.39 Å². The summed E-state index contributed by atoms with van der Waals surface area (Å²) in [4.78, 5) is 4.23. The van der Waals surface area contributed by atoms with Gasteiger partial charge in [-0.2, -0.15) is 5.10 Å². The molecule has 7 nitrogen and oxygen atoms in total. The lowest BCUT2D eigenvalue weighted by Gasteiger charge is -2.21. The quantitative estimate of drug-likeness (QED) is 0.393. The van der Waals surface area contributed by atoms with Gasteiger partial charge in [0.2, 0.25) is 0 Å². The van der Waals surface area contributed by atoms with Crippen LogP contribution >= 0.6 is 24.0 Å². The number of guanidine groups is 1. The summed E-state index contributed by atoms with van der Waals surface area (Å²) in [6.07, 6.45) is 0. The van der Waals surface area contributed by atoms with Crippen LogP contribution in [0.1, 0.15) is 28.1 Å². The molecule has 0 bridgehead atoms. The maximum absolute atomic E-state index is 13.8. The fourth-order valence-electron chi connectivity index (χ4n) is 3.03. The first-order chi connectivity index (χ1) is 12.5. The van der Waals surface area contributed by atoms with Crippen molar-refractivity contribution in [2.45, 2.75) is 33.5 Å². The van der Waals surface area contributed by atoms with E-state index < -0.39 is 0 Å². The first kappa shape index (κ1) is 21.4. The Balaban J connectivity index is 0.00000261. The summed E-state index contributed by atoms with van der Waals surface area (Å²) in [6, 6.07) is 2.92. The van der Waals surface area contributed by atoms with Gasteiger partial charge >= 0.3 is 0 Å². The van der Waals surface area contributed by atoms with Crippen molar-refractivity contribution in [3.8, 4) is 5.75 Å². The molecule has 2 heterocycles. The van der Waals surface area contributed by atoms with Crippen LogP contribution < -0.4 is 15.4 Å². The summed E-state index contributed by atoms with van der Waals surface area (Å²) in [5.74, 6) is 0.997. The number of rotatable bonds is 4. The predicted octanol–water partition coefficient (Wildman–Crippen LogP) is 2.53. The van der Waals surface area contributed by atoms with Crippen LogP contribution in [0.2, 0.25) is 0 Å². The Kier molecular flexibility index (Phi) is 7.42. The van der Waals surface area contributed by atoms with Gasteiger partial charge in [-0.3, -0.25) is 9.67 Å². The summed E-state index contributed by atoms with van der Waals surface area (Å²) in [5.41, 5.74) is 4.69. The van der Waals surface area contributed by atoms with Crippen LogP contribution in [0.15, 0.2) is 17.1 Å². The van der Waals surface area contributed by atoms with Crippen molar-refractivity contribution in [1.82, 2.24) is 20.4 Å². The molecule has 1 aliphatic rings. The molecule has 1 aromatic heterocycles. The van der Waals surface area contributed by atoms with Crippen molar-refractivity contribution in [3.63, 3.8) is 0 Å². The van der Waals surface area contributed by atoms with E-state index >= 15 is 0 Å². The molecule has 0 radical (unpaired) electrons. The SMILES string of the molecule is CN=C(NCc1cc(F)cc2c1OCOC2)NCc1c(C)nn(C)c1C.I. The molecule has 3 rings (SSSR count). The average molecular weight is 489 g/mol. The molecule has 0 fully saturated rings. The molecule has 1 aromatic carbocycles. The smallest absolute Gasteiger partial charge is 0.191 e. The van der Waals surface area contributed by atoms with Gasteiger partial charge in [0.25, 0.3) is 0 Å². The van der Waals surface area contributed by atoms with Crippen molar-refractivity contribution >= 4 is 29.9 Å². The number of benzene rings is 1. The van der Waals surface area contributed by atoms with Gasteiger partial charge in [0.05, 0.1) is 12.3 Å². The van der Waals surface area contributed by atoms with Gasteiger partial charge < -0.3 is 20.1 Å². The van der Waals surface area contributed by atoms with Gasteiger partial charge in [0.1, 0.15) is 11.6 Å². The number of aromatic nitrogens is 2. The molecule has 0 atom stereocenters. The minimum absolute atomic E-state index is 0. The molecular formula is C18H25FIN5O2. The maximum Gasteiger partial charge on any atom is 0.191 e. The summed E-state index contributed by atoms with van der Waals surface area (Å²) in [5, 5.41) is 10.9. The molecule has 0 amide bonds. The molecule has 0 saturated carbocycles. The van der Waals surface area contributed by atoms with E-state index in [2.05, 4.69) is 20.7 Å². The molecule has 2 aromatic rings. The van der Waals surface area contributed by atoms with Crippen molar-refractivity contribution in [2.24, 2.45) is 12.0 Å². The highest BCUT2D eigenvalue weighted by atomic mass is 127. The number of halogens is 2. The number of aliphatic imine (C=N–C) groups is 1. The zero-order chi connectivity index (χ0) is 18.7. The summed E-state index contributed by atoms with van der Waals surface area (Å²) >= 11 is 0. The molecule has 148 valence electrons. The third-order valence-corrected chi connectivity index (χ3v) is 4.51. The zero-order valence-corrected chi connectivity index (χ0v) is 18.3. The minimum Gasteiger partial charge on any atom is -0.467 e. The largest absolute Gasteiger partial charge is 0.467 e. The van der Waals surface area contributed by atoms with E-state index in [1.807, 2.05) is 25.6 Å². The van der Waals surface area contributed by atoms with Crippen LogP contribution in [0.3, 0.4) is 0 Å². The number of ether oxygens (including phenoxy) is 2. The van der Waals surface area contributed by atoms with Crippen LogP contribution in [0.25, 0.3) is 0 Å². The lowest BCUT2D eigenvalue weighted by Crippen LogP contribution is -2.36. The van der Waals surface area contributed by atoms with Crippen LogP contribution in [0.4, 0.5) is 4.39 Å². The van der Waals surface area contributed by atoms with E-state index in [1.165, 1.54) is 12.1 Å². The van der Waals surface area contributed by atoms with Crippen molar-refractivity contribution in [1.29, 1.82) is 0 Å². The number of hydrogen-bond donors (Lipinski definition) is 2. The summed E-state index contributed by atoms with van der Waals surface area (Å²) < 4.78 is 26.4. The zero-order valence-electron chi connectivity index (χ0n) is 15.9. The Morgan fingerprint density at radius 3 is 2.70 bits per heavy atom. The fraction of sp³-hybridized carbons (Fsp3) is 0.444. The van der Waals surface area contributed by atoms with E-state index in [1.54, 1.807) is 7.05 Å². The standard InChI is InChI=1S/C18H24FN5O2.HI/c1-11-16(12(2)24(4)23-11)8-22-18(20-3)21-7-13-5-15(19)6-14-9-25-10-26-17(13)14;/h5-6H,7-10H2,1-4H3,(H2,20,21,22);1H. The second-order valence-electron chi connectivity index (χ2n) is 6.22. The highest BCUT2D eigenvalue weighted by molar-refractivity contribution is 14.0. The average Bonchev–Trinajstić information content (AvgIpc) is 2.87. The molecule has 0 saturated heterocycles. The first-order valence-electron chi connectivity index (χ1n) is 8.45. The maximum atomic E-state index is 13.8. The Morgan fingerprint density at radius 2 is 2.04 bits per heavy atom. The lowest BCUT2D eigenvalue weighted by atomic mass is 10.1. The van der Waals surface area contributed by atoms with Crippen molar-refractivity contribution in [2.75, 3.05) is 13.8 Å². The molecular weight excluding hydrogens is 464 g/mol. The van der Waals surface area contributed by atoms with E-state index in [4.69, 9.17) is 9.47 Å². The van der Waals surface area contributed by atoms with E-state index in [0.717, 1.165) is 28.1 Å². The van der Waals surface area contributed by atoms with Gasteiger partial charge in [-0.15, -0.1) is 24.0 Å². The number of hydrogen-bond acceptors (Lipinski definition) is 4. The van der Waals surface area contributed by atoms with Gasteiger partial charge in [0.15, 0.2) is 12.8 Å². The monoisotopic (exact) mass is 489 g/mol. The molecule has 1 aliphatic heterocycles. The van der Waals surface area contributed by atoms with Crippen LogP contribution in [-0.4, -0.2) is 29.6 Å². The molecule has 27 heavy (non-hydrogen) atoms. The highest BCUT2D eigenvalue weighted by Gasteiger charge is 2.17. The topological polar surface area (TPSA) is 72.7 Å². The second-order valence-corrected chi connectivity index (χ2v) is 6.22. The molecule has 0 spiro atoms. The Bertz CT molecular complexity index is 838. The van der Waals surface area contributed by atoms with E-state index in [-0.39, 0.29) is 36.6 Å².